The first-order valence-electron chi connectivity index (χ1n) is 5.95. The lowest BCUT2D eigenvalue weighted by molar-refractivity contribution is 0.688. The zero-order valence-electron chi connectivity index (χ0n) is 10.8. The van der Waals surface area contributed by atoms with Crippen molar-refractivity contribution in [2.24, 2.45) is 12.8 Å². The lowest BCUT2D eigenvalue weighted by atomic mass is 10.3. The minimum Gasteiger partial charge on any atom is -0.326 e. The Labute approximate surface area is 119 Å². The molecule has 2 heterocycles. The van der Waals surface area contributed by atoms with Crippen LogP contribution in [-0.4, -0.2) is 14.8 Å². The van der Waals surface area contributed by atoms with Crippen LogP contribution in [0.15, 0.2) is 33.6 Å². The van der Waals surface area contributed by atoms with Gasteiger partial charge in [-0.1, -0.05) is 12.1 Å². The molecule has 0 spiro atoms. The Morgan fingerprint density at radius 3 is 2.89 bits per heavy atom. The topological polar surface area (TPSA) is 56.7 Å². The molecule has 0 bridgehead atoms. The number of nitrogens with two attached hydrogens (primary N) is 1. The zero-order chi connectivity index (χ0) is 13.4. The molecule has 0 aliphatic heterocycles. The number of hydrogen-bond donors (Lipinski definition) is 1. The number of benzene rings is 1. The first-order valence-corrected chi connectivity index (χ1v) is 7.58. The number of nitrogens with zero attached hydrogens (tertiary/aromatic N) is 3. The van der Waals surface area contributed by atoms with E-state index in [1.54, 1.807) is 23.1 Å². The maximum Gasteiger partial charge on any atom is 0.157 e. The fourth-order valence-corrected chi connectivity index (χ4v) is 4.23. The second-order valence-corrected chi connectivity index (χ2v) is 6.51. The summed E-state index contributed by atoms with van der Waals surface area (Å²) in [6, 6.07) is 8.17. The fraction of sp³-hybridized carbons (Fsp3) is 0.231. The maximum absolute atomic E-state index is 5.81. The SMILES string of the molecule is Cc1nn(C)c(Sc2nc3ccccc3s2)c1CN. The van der Waals surface area contributed by atoms with E-state index in [0.717, 1.165) is 26.1 Å². The Hall–Kier alpha value is -1.37. The highest BCUT2D eigenvalue weighted by molar-refractivity contribution is 8.01. The Kier molecular flexibility index (Phi) is 3.30. The molecular formula is C13H14N4S2. The van der Waals surface area contributed by atoms with Crippen molar-refractivity contribution in [2.75, 3.05) is 0 Å². The van der Waals surface area contributed by atoms with Crippen LogP contribution in [0.4, 0.5) is 0 Å². The average molecular weight is 290 g/mol. The summed E-state index contributed by atoms with van der Waals surface area (Å²) < 4.78 is 4.12. The highest BCUT2D eigenvalue weighted by atomic mass is 32.2. The molecule has 3 aromatic rings. The molecule has 4 nitrogen and oxygen atoms in total. The molecule has 0 amide bonds. The monoisotopic (exact) mass is 290 g/mol. The number of rotatable bonds is 3. The Morgan fingerprint density at radius 2 is 2.16 bits per heavy atom. The predicted octanol–water partition coefficient (Wildman–Crippen LogP) is 2.95. The summed E-state index contributed by atoms with van der Waals surface area (Å²) >= 11 is 3.34. The molecule has 0 fully saturated rings. The van der Waals surface area contributed by atoms with Gasteiger partial charge in [0, 0.05) is 19.2 Å². The maximum atomic E-state index is 5.81. The molecule has 0 saturated heterocycles. The molecule has 2 aromatic heterocycles. The van der Waals surface area contributed by atoms with E-state index in [1.165, 1.54) is 4.70 Å². The number of fused-ring (bicyclic) bond motifs is 1. The molecule has 98 valence electrons. The molecule has 0 aliphatic carbocycles. The Bertz CT molecular complexity index is 696. The van der Waals surface area contributed by atoms with Gasteiger partial charge in [-0.2, -0.15) is 5.10 Å². The van der Waals surface area contributed by atoms with Gasteiger partial charge in [0.25, 0.3) is 0 Å². The van der Waals surface area contributed by atoms with E-state index in [4.69, 9.17) is 5.73 Å². The van der Waals surface area contributed by atoms with Crippen molar-refractivity contribution in [3.05, 3.63) is 35.5 Å². The van der Waals surface area contributed by atoms with Crippen LogP contribution in [0.3, 0.4) is 0 Å². The van der Waals surface area contributed by atoms with E-state index < -0.39 is 0 Å². The number of aryl methyl sites for hydroxylation is 2. The molecule has 3 rings (SSSR count). The lowest BCUT2D eigenvalue weighted by Crippen LogP contribution is -1.99. The first-order chi connectivity index (χ1) is 9.19. The number of para-hydroxylation sites is 1. The van der Waals surface area contributed by atoms with Gasteiger partial charge in [-0.05, 0) is 30.8 Å². The smallest absolute Gasteiger partial charge is 0.157 e. The second-order valence-electron chi connectivity index (χ2n) is 4.25. The molecule has 0 saturated carbocycles. The van der Waals surface area contributed by atoms with Crippen molar-refractivity contribution >= 4 is 33.3 Å². The van der Waals surface area contributed by atoms with Crippen LogP contribution in [0.2, 0.25) is 0 Å². The van der Waals surface area contributed by atoms with Crippen molar-refractivity contribution in [1.82, 2.24) is 14.8 Å². The van der Waals surface area contributed by atoms with Crippen LogP contribution in [0.25, 0.3) is 10.2 Å². The summed E-state index contributed by atoms with van der Waals surface area (Å²) in [4.78, 5) is 4.63. The van der Waals surface area contributed by atoms with E-state index in [9.17, 15) is 0 Å². The van der Waals surface area contributed by atoms with Crippen molar-refractivity contribution in [1.29, 1.82) is 0 Å². The van der Waals surface area contributed by atoms with Gasteiger partial charge in [-0.25, -0.2) is 4.98 Å². The summed E-state index contributed by atoms with van der Waals surface area (Å²) in [6.45, 7) is 2.50. The van der Waals surface area contributed by atoms with Crippen LogP contribution < -0.4 is 5.73 Å². The standard InChI is InChI=1S/C13H14N4S2/c1-8-9(7-14)12(17(2)16-8)19-13-15-10-5-3-4-6-11(10)18-13/h3-6H,7,14H2,1-2H3. The van der Waals surface area contributed by atoms with Gasteiger partial charge in [0.2, 0.25) is 0 Å². The molecule has 0 aliphatic rings. The van der Waals surface area contributed by atoms with Gasteiger partial charge in [-0.3, -0.25) is 4.68 Å². The zero-order valence-corrected chi connectivity index (χ0v) is 12.4. The minimum absolute atomic E-state index is 0.507. The molecule has 19 heavy (non-hydrogen) atoms. The van der Waals surface area contributed by atoms with Crippen molar-refractivity contribution < 1.29 is 0 Å². The number of aromatic nitrogens is 3. The van der Waals surface area contributed by atoms with Crippen LogP contribution >= 0.6 is 23.1 Å². The van der Waals surface area contributed by atoms with Crippen molar-refractivity contribution in [2.45, 2.75) is 22.8 Å². The van der Waals surface area contributed by atoms with E-state index >= 15 is 0 Å². The van der Waals surface area contributed by atoms with Gasteiger partial charge in [0.1, 0.15) is 5.03 Å². The highest BCUT2D eigenvalue weighted by Gasteiger charge is 2.15. The van der Waals surface area contributed by atoms with Gasteiger partial charge in [0.05, 0.1) is 15.9 Å². The van der Waals surface area contributed by atoms with Gasteiger partial charge in [0.15, 0.2) is 4.34 Å². The summed E-state index contributed by atoms with van der Waals surface area (Å²) in [6.07, 6.45) is 0. The van der Waals surface area contributed by atoms with Crippen LogP contribution in [0.1, 0.15) is 11.3 Å². The highest BCUT2D eigenvalue weighted by Crippen LogP contribution is 2.36. The molecule has 0 unspecified atom stereocenters. The summed E-state index contributed by atoms with van der Waals surface area (Å²) in [5.41, 5.74) is 8.95. The van der Waals surface area contributed by atoms with Crippen molar-refractivity contribution in [3.8, 4) is 0 Å². The quantitative estimate of drug-likeness (QED) is 0.805. The molecule has 2 N–H and O–H groups in total. The van der Waals surface area contributed by atoms with Crippen molar-refractivity contribution in [3.63, 3.8) is 0 Å². The third-order valence-corrected chi connectivity index (χ3v) is 5.25. The largest absolute Gasteiger partial charge is 0.326 e. The number of hydrogen-bond acceptors (Lipinski definition) is 5. The van der Waals surface area contributed by atoms with Gasteiger partial charge in [-0.15, -0.1) is 11.3 Å². The first kappa shape index (κ1) is 12.7. The van der Waals surface area contributed by atoms with E-state index in [2.05, 4.69) is 16.1 Å². The third-order valence-electron chi connectivity index (χ3n) is 2.95. The van der Waals surface area contributed by atoms with Crippen LogP contribution in [-0.2, 0) is 13.6 Å². The molecular weight excluding hydrogens is 276 g/mol. The minimum atomic E-state index is 0.507. The molecule has 0 radical (unpaired) electrons. The lowest BCUT2D eigenvalue weighted by Gasteiger charge is -2.01. The summed E-state index contributed by atoms with van der Waals surface area (Å²) in [5.74, 6) is 0. The van der Waals surface area contributed by atoms with E-state index in [-0.39, 0.29) is 0 Å². The van der Waals surface area contributed by atoms with Gasteiger partial charge >= 0.3 is 0 Å². The number of thiazole rings is 1. The molecule has 1 aromatic carbocycles. The van der Waals surface area contributed by atoms with Crippen LogP contribution in [0.5, 0.6) is 0 Å². The van der Waals surface area contributed by atoms with E-state index in [1.807, 2.05) is 36.9 Å². The Balaban J connectivity index is 2.01. The second kappa shape index (κ2) is 4.96. The Morgan fingerprint density at radius 1 is 1.37 bits per heavy atom. The fourth-order valence-electron chi connectivity index (χ4n) is 2.02. The van der Waals surface area contributed by atoms with E-state index in [0.29, 0.717) is 6.54 Å². The van der Waals surface area contributed by atoms with Gasteiger partial charge < -0.3 is 5.73 Å². The molecule has 6 heteroatoms. The average Bonchev–Trinajstić information content (AvgIpc) is 2.91. The predicted molar refractivity (Wildman–Crippen MR) is 79.6 cm³/mol. The molecule has 0 atom stereocenters. The summed E-state index contributed by atoms with van der Waals surface area (Å²) in [5, 5.41) is 5.51. The summed E-state index contributed by atoms with van der Waals surface area (Å²) in [7, 11) is 1.95. The van der Waals surface area contributed by atoms with Crippen LogP contribution in [0, 0.1) is 6.92 Å². The normalized spacial score (nSPS) is 11.3. The third kappa shape index (κ3) is 2.27.